The molecule has 2 aliphatic rings. The first-order chi connectivity index (χ1) is 21.7. The van der Waals surface area contributed by atoms with Crippen LogP contribution in [0.1, 0.15) is 30.0 Å². The largest absolute Gasteiger partial charge is 0.379 e. The zero-order chi connectivity index (χ0) is 31.6. The van der Waals surface area contributed by atoms with Crippen LogP contribution in [0, 0.1) is 11.6 Å². The number of aromatic nitrogens is 1. The summed E-state index contributed by atoms with van der Waals surface area (Å²) in [5.74, 6) is -2.55. The lowest BCUT2D eigenvalue weighted by Crippen LogP contribution is -2.48. The highest BCUT2D eigenvalue weighted by Crippen LogP contribution is 2.54. The standard InChI is InChI=1S/C33H32BrClF2N4O3S/c34-22-4-2-21(3-5-22)20-41-30(42)18-33(45-24-7-9-27(36)28(37)17-24,32(43)38-10-1-11-40-12-14-44-15-13-40)31(41)26-19-39-29-16-23(35)6-8-25(26)29/h2-9,16-17,19,31,39H,1,10-15,18,20H2,(H,38,43). The summed E-state index contributed by atoms with van der Waals surface area (Å²) >= 11 is 10.9. The molecular formula is C33H32BrClF2N4O3S. The summed E-state index contributed by atoms with van der Waals surface area (Å²) in [6.45, 7) is 4.51. The van der Waals surface area contributed by atoms with Crippen molar-refractivity contribution in [2.75, 3.05) is 39.4 Å². The number of benzene rings is 3. The van der Waals surface area contributed by atoms with Crippen LogP contribution in [0.25, 0.3) is 10.9 Å². The number of aromatic amines is 1. The van der Waals surface area contributed by atoms with Crippen LogP contribution in [0.15, 0.2) is 76.2 Å². The summed E-state index contributed by atoms with van der Waals surface area (Å²) in [4.78, 5) is 36.2. The highest BCUT2D eigenvalue weighted by Gasteiger charge is 2.58. The first kappa shape index (κ1) is 32.0. The highest BCUT2D eigenvalue weighted by atomic mass is 79.9. The molecule has 4 aromatic rings. The summed E-state index contributed by atoms with van der Waals surface area (Å²) in [6.07, 6.45) is 2.39. The van der Waals surface area contributed by atoms with Gasteiger partial charge >= 0.3 is 0 Å². The number of morpholine rings is 1. The van der Waals surface area contributed by atoms with E-state index in [1.807, 2.05) is 36.5 Å². The van der Waals surface area contributed by atoms with E-state index in [2.05, 4.69) is 31.1 Å². The minimum atomic E-state index is -1.40. The van der Waals surface area contributed by atoms with Crippen LogP contribution in [-0.2, 0) is 20.9 Å². The van der Waals surface area contributed by atoms with Gasteiger partial charge < -0.3 is 19.9 Å². The molecule has 2 fully saturated rings. The Balaban J connectivity index is 1.40. The third kappa shape index (κ3) is 6.92. The Labute approximate surface area is 277 Å². The van der Waals surface area contributed by atoms with Crippen LogP contribution in [0.3, 0.4) is 0 Å². The van der Waals surface area contributed by atoms with Crippen LogP contribution in [0.2, 0.25) is 5.02 Å². The van der Waals surface area contributed by atoms with Crippen LogP contribution >= 0.6 is 39.3 Å². The average molecular weight is 718 g/mol. The predicted octanol–water partition coefficient (Wildman–Crippen LogP) is 6.71. The van der Waals surface area contributed by atoms with Gasteiger partial charge in [-0.1, -0.05) is 45.7 Å². The fourth-order valence-electron chi connectivity index (χ4n) is 6.12. The number of fused-ring (bicyclic) bond motifs is 1. The quantitative estimate of drug-likeness (QED) is 0.179. The summed E-state index contributed by atoms with van der Waals surface area (Å²) < 4.78 is 33.4. The van der Waals surface area contributed by atoms with Gasteiger partial charge in [-0.05, 0) is 61.0 Å². The molecule has 0 spiro atoms. The van der Waals surface area contributed by atoms with Crippen molar-refractivity contribution in [3.8, 4) is 0 Å². The molecule has 6 rings (SSSR count). The van der Waals surface area contributed by atoms with E-state index in [4.69, 9.17) is 16.3 Å². The number of carbonyl (C=O) groups excluding carboxylic acids is 2. The number of nitrogens with one attached hydrogen (secondary N) is 2. The molecule has 0 bridgehead atoms. The van der Waals surface area contributed by atoms with Gasteiger partial charge in [0.1, 0.15) is 4.75 Å². The number of halogens is 4. The van der Waals surface area contributed by atoms with Crippen molar-refractivity contribution >= 4 is 62.0 Å². The molecular weight excluding hydrogens is 686 g/mol. The number of nitrogens with zero attached hydrogens (tertiary/aromatic N) is 2. The number of ether oxygens (including phenoxy) is 1. The second-order valence-corrected chi connectivity index (χ2v) is 14.0. The molecule has 7 nitrogen and oxygen atoms in total. The van der Waals surface area contributed by atoms with Gasteiger partial charge in [0.2, 0.25) is 11.8 Å². The van der Waals surface area contributed by atoms with E-state index < -0.39 is 22.4 Å². The maximum atomic E-state index is 14.5. The third-order valence-corrected chi connectivity index (χ3v) is 10.5. The second-order valence-electron chi connectivity index (χ2n) is 11.3. The number of H-pyrrole nitrogens is 1. The molecule has 0 saturated carbocycles. The number of thioether (sulfide) groups is 1. The zero-order valence-corrected chi connectivity index (χ0v) is 27.5. The van der Waals surface area contributed by atoms with Crippen molar-refractivity contribution in [3.63, 3.8) is 0 Å². The van der Waals surface area contributed by atoms with Crippen molar-refractivity contribution in [2.45, 2.75) is 35.1 Å². The van der Waals surface area contributed by atoms with E-state index in [-0.39, 0.29) is 24.8 Å². The lowest BCUT2D eigenvalue weighted by molar-refractivity contribution is -0.129. The predicted molar refractivity (Wildman–Crippen MR) is 175 cm³/mol. The van der Waals surface area contributed by atoms with Crippen molar-refractivity contribution in [2.24, 2.45) is 0 Å². The highest BCUT2D eigenvalue weighted by molar-refractivity contribution is 9.10. The molecule has 2 saturated heterocycles. The molecule has 12 heteroatoms. The van der Waals surface area contributed by atoms with Gasteiger partial charge in [0, 0.05) is 63.2 Å². The van der Waals surface area contributed by atoms with Gasteiger partial charge in [0.05, 0.1) is 25.7 Å². The minimum absolute atomic E-state index is 0.132. The molecule has 3 aromatic carbocycles. The number of rotatable bonds is 10. The maximum Gasteiger partial charge on any atom is 0.239 e. The Kier molecular flexibility index (Phi) is 9.82. The molecule has 236 valence electrons. The van der Waals surface area contributed by atoms with Gasteiger partial charge in [0.15, 0.2) is 11.6 Å². The van der Waals surface area contributed by atoms with Crippen molar-refractivity contribution in [1.29, 1.82) is 0 Å². The van der Waals surface area contributed by atoms with Crippen LogP contribution in [0.4, 0.5) is 8.78 Å². The molecule has 2 atom stereocenters. The summed E-state index contributed by atoms with van der Waals surface area (Å²) in [5, 5.41) is 4.47. The second kappa shape index (κ2) is 13.8. The lowest BCUT2D eigenvalue weighted by Gasteiger charge is -2.36. The van der Waals surface area contributed by atoms with Crippen LogP contribution < -0.4 is 5.32 Å². The van der Waals surface area contributed by atoms with Crippen molar-refractivity contribution in [1.82, 2.24) is 20.1 Å². The fourth-order valence-corrected chi connectivity index (χ4v) is 8.00. The topological polar surface area (TPSA) is 77.7 Å². The van der Waals surface area contributed by atoms with Crippen molar-refractivity contribution < 1.29 is 23.1 Å². The fraction of sp³-hybridized carbons (Fsp3) is 0.333. The molecule has 1 aromatic heterocycles. The molecule has 2 aliphatic heterocycles. The minimum Gasteiger partial charge on any atom is -0.379 e. The number of likely N-dealkylation sites (tertiary alicyclic amines) is 1. The maximum absolute atomic E-state index is 14.5. The van der Waals surface area contributed by atoms with Gasteiger partial charge in [0.25, 0.3) is 0 Å². The van der Waals surface area contributed by atoms with E-state index >= 15 is 0 Å². The normalized spacial score (nSPS) is 20.7. The Morgan fingerprint density at radius 1 is 1.09 bits per heavy atom. The Morgan fingerprint density at radius 3 is 2.62 bits per heavy atom. The molecule has 0 radical (unpaired) electrons. The number of hydrogen-bond donors (Lipinski definition) is 2. The summed E-state index contributed by atoms with van der Waals surface area (Å²) in [7, 11) is 0. The Morgan fingerprint density at radius 2 is 1.87 bits per heavy atom. The van der Waals surface area contributed by atoms with E-state index in [0.29, 0.717) is 36.1 Å². The molecule has 3 heterocycles. The molecule has 2 N–H and O–H groups in total. The smallest absolute Gasteiger partial charge is 0.239 e. The molecule has 45 heavy (non-hydrogen) atoms. The van der Waals surface area contributed by atoms with Crippen LogP contribution in [-0.4, -0.2) is 70.7 Å². The number of hydrogen-bond acceptors (Lipinski definition) is 5. The third-order valence-electron chi connectivity index (χ3n) is 8.34. The monoisotopic (exact) mass is 716 g/mol. The van der Waals surface area contributed by atoms with Gasteiger partial charge in [-0.3, -0.25) is 14.5 Å². The van der Waals surface area contributed by atoms with Crippen molar-refractivity contribution in [3.05, 3.63) is 99.1 Å². The van der Waals surface area contributed by atoms with Gasteiger partial charge in [-0.15, -0.1) is 11.8 Å². The number of amides is 2. The van der Waals surface area contributed by atoms with Gasteiger partial charge in [-0.2, -0.15) is 0 Å². The Hall–Kier alpha value is -2.96. The molecule has 0 aliphatic carbocycles. The first-order valence-electron chi connectivity index (χ1n) is 14.8. The van der Waals surface area contributed by atoms with E-state index in [0.717, 1.165) is 70.0 Å². The average Bonchev–Trinajstić information content (AvgIpc) is 3.56. The van der Waals surface area contributed by atoms with Crippen LogP contribution in [0.5, 0.6) is 0 Å². The Bertz CT molecular complexity index is 1700. The van der Waals surface area contributed by atoms with E-state index in [9.17, 15) is 18.4 Å². The lowest BCUT2D eigenvalue weighted by atomic mass is 9.91. The number of carbonyl (C=O) groups is 2. The SMILES string of the molecule is O=C1CC(Sc2ccc(F)c(F)c2)(C(=O)NCCCN2CCOCC2)C(c2c[nH]c3cc(Cl)ccc23)N1Cc1ccc(Br)cc1. The molecule has 2 amide bonds. The van der Waals surface area contributed by atoms with E-state index in [1.54, 1.807) is 17.0 Å². The first-order valence-corrected chi connectivity index (χ1v) is 16.8. The van der Waals surface area contributed by atoms with E-state index in [1.165, 1.54) is 6.07 Å². The summed E-state index contributed by atoms with van der Waals surface area (Å²) in [5.41, 5.74) is 2.39. The molecule has 2 unspecified atom stereocenters. The van der Waals surface area contributed by atoms with Gasteiger partial charge in [-0.25, -0.2) is 8.78 Å². The zero-order valence-electron chi connectivity index (χ0n) is 24.3. The summed E-state index contributed by atoms with van der Waals surface area (Å²) in [6, 6.07) is 15.9.